The number of aromatic amines is 1. The summed E-state index contributed by atoms with van der Waals surface area (Å²) in [5.74, 6) is -1.53. The van der Waals surface area contributed by atoms with Gasteiger partial charge in [-0.25, -0.2) is 14.4 Å². The number of pyridine rings is 3. The molecule has 344 valence electrons. The summed E-state index contributed by atoms with van der Waals surface area (Å²) in [6.45, 7) is 5.95. The van der Waals surface area contributed by atoms with Gasteiger partial charge in [0.15, 0.2) is 22.6 Å². The highest BCUT2D eigenvalue weighted by atomic mass is 35.5. The number of halogens is 1. The topological polar surface area (TPSA) is 215 Å². The zero-order chi connectivity index (χ0) is 47.7. The lowest BCUT2D eigenvalue weighted by atomic mass is 10.2. The smallest absolute Gasteiger partial charge is 0.347 e. The molecule has 0 aliphatic carbocycles. The van der Waals surface area contributed by atoms with Gasteiger partial charge in [-0.05, 0) is 90.5 Å². The van der Waals surface area contributed by atoms with Gasteiger partial charge in [-0.3, -0.25) is 14.4 Å². The summed E-state index contributed by atoms with van der Waals surface area (Å²) < 4.78 is 29.5. The molecule has 0 aliphatic heterocycles. The standard InChI is InChI=1S/2C18H17NO5S.C10H8ClNO3S/c2*1-3-24-18(22)14-15(20)16-13(8-9-25-16)19(17(14)21)10-11-4-6-12(23-2)7-5-11;1-2-15-10(14)6-7(11)8-5(3-4-16-8)12-9(6)13/h2*4-9,20H,3,10H2,1-2H3;3-4H,2H2,1H3,(H,12,13). The predicted molar refractivity (Wildman–Crippen MR) is 255 cm³/mol. The normalized spacial score (nSPS) is 10.8. The number of thiophene rings is 3. The molecule has 6 aromatic heterocycles. The van der Waals surface area contributed by atoms with Gasteiger partial charge in [0.1, 0.15) is 17.1 Å². The van der Waals surface area contributed by atoms with Crippen LogP contribution < -0.4 is 26.2 Å². The summed E-state index contributed by atoms with van der Waals surface area (Å²) >= 11 is 9.90. The van der Waals surface area contributed by atoms with E-state index in [9.17, 15) is 39.0 Å². The minimum Gasteiger partial charge on any atom is -0.505 e. The predicted octanol–water partition coefficient (Wildman–Crippen LogP) is 8.42. The molecule has 6 heterocycles. The quantitative estimate of drug-likeness (QED) is 0.0775. The van der Waals surface area contributed by atoms with Gasteiger partial charge in [-0.15, -0.1) is 34.0 Å². The van der Waals surface area contributed by atoms with E-state index in [1.54, 1.807) is 93.6 Å². The van der Waals surface area contributed by atoms with Crippen LogP contribution in [0.1, 0.15) is 63.0 Å². The van der Waals surface area contributed by atoms with E-state index >= 15 is 0 Å². The largest absolute Gasteiger partial charge is 0.505 e. The number of rotatable bonds is 12. The molecule has 0 fully saturated rings. The van der Waals surface area contributed by atoms with Gasteiger partial charge in [0, 0.05) is 0 Å². The lowest BCUT2D eigenvalue weighted by Crippen LogP contribution is -2.28. The summed E-state index contributed by atoms with van der Waals surface area (Å²) in [5, 5.41) is 26.2. The molecule has 16 nitrogen and oxygen atoms in total. The van der Waals surface area contributed by atoms with E-state index in [1.807, 2.05) is 24.3 Å². The highest BCUT2D eigenvalue weighted by molar-refractivity contribution is 7.18. The summed E-state index contributed by atoms with van der Waals surface area (Å²) in [6.07, 6.45) is 0. The number of aromatic nitrogens is 3. The van der Waals surface area contributed by atoms with Crippen molar-refractivity contribution in [1.82, 2.24) is 14.1 Å². The van der Waals surface area contributed by atoms with Crippen molar-refractivity contribution in [3.63, 3.8) is 0 Å². The number of methoxy groups -OCH3 is 2. The van der Waals surface area contributed by atoms with E-state index in [1.165, 1.54) is 43.1 Å². The number of fused-ring (bicyclic) bond motifs is 3. The Kier molecular flexibility index (Phi) is 16.1. The first-order valence-electron chi connectivity index (χ1n) is 20.0. The molecule has 0 saturated heterocycles. The van der Waals surface area contributed by atoms with Gasteiger partial charge in [0.25, 0.3) is 16.7 Å². The van der Waals surface area contributed by atoms with Crippen LogP contribution in [-0.4, -0.2) is 76.3 Å². The van der Waals surface area contributed by atoms with Crippen LogP contribution in [0.4, 0.5) is 0 Å². The number of H-pyrrole nitrogens is 1. The van der Waals surface area contributed by atoms with Crippen LogP contribution in [0.25, 0.3) is 30.6 Å². The maximum Gasteiger partial charge on any atom is 0.347 e. The second-order valence-electron chi connectivity index (χ2n) is 13.7. The summed E-state index contributed by atoms with van der Waals surface area (Å²) in [5.41, 5.74) is 1.09. The van der Waals surface area contributed by atoms with E-state index in [4.69, 9.17) is 35.3 Å². The molecule has 0 spiro atoms. The Morgan fingerprint density at radius 1 is 0.576 bits per heavy atom. The first kappa shape index (κ1) is 48.5. The SMILES string of the molecule is CCOC(=O)c1c(Cl)c2sccc2[nH]c1=O.CCOC(=O)c1c(O)c2sccc2n(Cc2ccc(OC)cc2)c1=O.CCOC(=O)c1c(O)c2sccc2n(Cc2ccc(OC)cc2)c1=O. The summed E-state index contributed by atoms with van der Waals surface area (Å²) in [7, 11) is 3.17. The van der Waals surface area contributed by atoms with Crippen LogP contribution in [0.3, 0.4) is 0 Å². The number of esters is 3. The van der Waals surface area contributed by atoms with Crippen LogP contribution in [-0.2, 0) is 27.3 Å². The van der Waals surface area contributed by atoms with E-state index in [-0.39, 0.29) is 66.1 Å². The number of nitrogens with zero attached hydrogens (tertiary/aromatic N) is 2. The summed E-state index contributed by atoms with van der Waals surface area (Å²) in [4.78, 5) is 75.7. The fraction of sp³-hybridized carbons (Fsp3) is 0.217. The Balaban J connectivity index is 0.000000168. The van der Waals surface area contributed by atoms with Gasteiger partial charge < -0.3 is 48.0 Å². The number of aromatic hydroxyl groups is 2. The Hall–Kier alpha value is -6.93. The molecule has 0 radical (unpaired) electrons. The highest BCUT2D eigenvalue weighted by Crippen LogP contribution is 2.34. The van der Waals surface area contributed by atoms with Crippen molar-refractivity contribution in [2.45, 2.75) is 33.9 Å². The molecule has 0 amide bonds. The molecule has 2 aromatic carbocycles. The van der Waals surface area contributed by atoms with Crippen LogP contribution in [0.2, 0.25) is 5.02 Å². The fourth-order valence-corrected chi connectivity index (χ4v) is 9.46. The molecular weight excluding hydrogens is 934 g/mol. The van der Waals surface area contributed by atoms with Crippen molar-refractivity contribution < 1.29 is 48.3 Å². The van der Waals surface area contributed by atoms with Gasteiger partial charge in [0.05, 0.1) is 82.8 Å². The third-order valence-corrected chi connectivity index (χ3v) is 12.9. The molecule has 0 bridgehead atoms. The Labute approximate surface area is 392 Å². The van der Waals surface area contributed by atoms with Crippen molar-refractivity contribution in [3.8, 4) is 23.0 Å². The van der Waals surface area contributed by atoms with Crippen molar-refractivity contribution in [3.05, 3.63) is 147 Å². The van der Waals surface area contributed by atoms with E-state index in [2.05, 4.69) is 4.98 Å². The van der Waals surface area contributed by atoms with Crippen molar-refractivity contribution in [1.29, 1.82) is 0 Å². The number of hydrogen-bond acceptors (Lipinski definition) is 16. The molecule has 66 heavy (non-hydrogen) atoms. The highest BCUT2D eigenvalue weighted by Gasteiger charge is 2.26. The van der Waals surface area contributed by atoms with Crippen molar-refractivity contribution in [2.75, 3.05) is 34.0 Å². The Bertz CT molecular complexity index is 3060. The van der Waals surface area contributed by atoms with Gasteiger partial charge >= 0.3 is 17.9 Å². The molecule has 20 heteroatoms. The van der Waals surface area contributed by atoms with Crippen LogP contribution in [0.15, 0.2) is 97.3 Å². The maximum absolute atomic E-state index is 12.8. The van der Waals surface area contributed by atoms with Crippen LogP contribution in [0.5, 0.6) is 23.0 Å². The van der Waals surface area contributed by atoms with Crippen LogP contribution in [0, 0.1) is 0 Å². The number of carbonyl (C=O) groups is 3. The van der Waals surface area contributed by atoms with Gasteiger partial charge in [-0.1, -0.05) is 35.9 Å². The fourth-order valence-electron chi connectivity index (χ4n) is 6.58. The Morgan fingerprint density at radius 2 is 0.955 bits per heavy atom. The molecule has 0 aliphatic rings. The first-order valence-corrected chi connectivity index (χ1v) is 23.0. The van der Waals surface area contributed by atoms with Crippen molar-refractivity contribution in [2.24, 2.45) is 0 Å². The molecule has 8 aromatic rings. The summed E-state index contributed by atoms with van der Waals surface area (Å²) in [6, 6.07) is 19.8. The van der Waals surface area contributed by atoms with Gasteiger partial charge in [0.2, 0.25) is 0 Å². The number of nitrogens with one attached hydrogen (secondary N) is 1. The Morgan fingerprint density at radius 3 is 1.35 bits per heavy atom. The van der Waals surface area contributed by atoms with E-state index < -0.39 is 34.6 Å². The minimum absolute atomic E-state index is 0.124. The number of benzene rings is 2. The molecule has 8 rings (SSSR count). The third kappa shape index (κ3) is 10.3. The van der Waals surface area contributed by atoms with Crippen molar-refractivity contribution >= 4 is 94.2 Å². The second kappa shape index (κ2) is 21.8. The zero-order valence-electron chi connectivity index (χ0n) is 36.0. The molecule has 3 N–H and O–H groups in total. The van der Waals surface area contributed by atoms with E-state index in [0.29, 0.717) is 30.6 Å². The average molecular weight is 977 g/mol. The lowest BCUT2D eigenvalue weighted by molar-refractivity contribution is 0.0510. The minimum atomic E-state index is -0.816. The lowest BCUT2D eigenvalue weighted by Gasteiger charge is -2.12. The third-order valence-electron chi connectivity index (χ3n) is 9.69. The zero-order valence-corrected chi connectivity index (χ0v) is 39.2. The van der Waals surface area contributed by atoms with Gasteiger partial charge in [-0.2, -0.15) is 0 Å². The van der Waals surface area contributed by atoms with Crippen LogP contribution >= 0.6 is 45.6 Å². The number of ether oxygens (including phenoxy) is 5. The monoisotopic (exact) mass is 975 g/mol. The number of carbonyl (C=O) groups excluding carboxylic acids is 3. The second-order valence-corrected chi connectivity index (χ2v) is 16.8. The van der Waals surface area contributed by atoms with E-state index in [0.717, 1.165) is 22.6 Å². The molecular formula is C46H42ClN3O13S3. The number of hydrogen-bond donors (Lipinski definition) is 3. The molecule has 0 unspecified atom stereocenters. The maximum atomic E-state index is 12.8. The first-order chi connectivity index (χ1) is 31.8. The molecule has 0 atom stereocenters. The molecule has 0 saturated carbocycles. The average Bonchev–Trinajstić information content (AvgIpc) is 4.11.